The normalized spacial score (nSPS) is 13.7. The monoisotopic (exact) mass is 453 g/mol. The van der Waals surface area contributed by atoms with Gasteiger partial charge in [-0.25, -0.2) is 4.79 Å². The Kier molecular flexibility index (Phi) is 7.19. The van der Waals surface area contributed by atoms with E-state index in [1.807, 2.05) is 54.3 Å². The Balaban J connectivity index is 1.35. The van der Waals surface area contributed by atoms with Gasteiger partial charge in [0.25, 0.3) is 5.91 Å². The average Bonchev–Trinajstić information content (AvgIpc) is 2.89. The second kappa shape index (κ2) is 10.6. The van der Waals surface area contributed by atoms with Crippen LogP contribution in [0.2, 0.25) is 0 Å². The van der Waals surface area contributed by atoms with Crippen LogP contribution in [-0.2, 0) is 6.54 Å². The molecule has 7 nitrogen and oxygen atoms in total. The molecule has 0 atom stereocenters. The number of aryl methyl sites for hydroxylation is 1. The van der Waals surface area contributed by atoms with Crippen LogP contribution in [-0.4, -0.2) is 34.9 Å². The fraction of sp³-hybridized carbons (Fsp3) is 0.259. The van der Waals surface area contributed by atoms with Crippen molar-refractivity contribution >= 4 is 17.6 Å². The Bertz CT molecular complexity index is 1190. The Morgan fingerprint density at radius 3 is 2.56 bits per heavy atom. The number of nitrogens with one attached hydrogen (secondary N) is 2. The fourth-order valence-corrected chi connectivity index (χ4v) is 4.21. The van der Waals surface area contributed by atoms with E-state index in [4.69, 9.17) is 5.26 Å². The second-order valence-corrected chi connectivity index (χ2v) is 8.50. The maximum absolute atomic E-state index is 13.3. The van der Waals surface area contributed by atoms with Crippen LogP contribution in [0.5, 0.6) is 0 Å². The molecule has 0 saturated carbocycles. The predicted octanol–water partition coefficient (Wildman–Crippen LogP) is 4.60. The highest BCUT2D eigenvalue weighted by Gasteiger charge is 2.25. The maximum atomic E-state index is 13.3. The summed E-state index contributed by atoms with van der Waals surface area (Å²) in [5, 5.41) is 14.6. The summed E-state index contributed by atoms with van der Waals surface area (Å²) in [7, 11) is 0. The van der Waals surface area contributed by atoms with E-state index in [9.17, 15) is 9.59 Å². The molecular weight excluding hydrogens is 426 g/mol. The van der Waals surface area contributed by atoms with E-state index in [0.717, 1.165) is 24.0 Å². The first-order chi connectivity index (χ1) is 16.5. The number of anilines is 1. The van der Waals surface area contributed by atoms with E-state index >= 15 is 0 Å². The van der Waals surface area contributed by atoms with Gasteiger partial charge in [0.15, 0.2) is 0 Å². The van der Waals surface area contributed by atoms with Crippen LogP contribution in [0.4, 0.5) is 10.5 Å². The summed E-state index contributed by atoms with van der Waals surface area (Å²) < 4.78 is 0. The lowest BCUT2D eigenvalue weighted by molar-refractivity contribution is 0.0712. The molecule has 34 heavy (non-hydrogen) atoms. The van der Waals surface area contributed by atoms with Gasteiger partial charge in [-0.05, 0) is 72.7 Å². The zero-order valence-electron chi connectivity index (χ0n) is 19.1. The molecular formula is C27H27N5O2. The van der Waals surface area contributed by atoms with Gasteiger partial charge in [-0.15, -0.1) is 0 Å². The summed E-state index contributed by atoms with van der Waals surface area (Å²) in [5.74, 6) is 0.365. The number of carbonyl (C=O) groups is 2. The van der Waals surface area contributed by atoms with Crippen molar-refractivity contribution < 1.29 is 9.59 Å². The Hall–Kier alpha value is -4.18. The molecule has 4 rings (SSSR count). The van der Waals surface area contributed by atoms with Crippen LogP contribution in [0.25, 0.3) is 0 Å². The highest BCUT2D eigenvalue weighted by molar-refractivity contribution is 5.98. The summed E-state index contributed by atoms with van der Waals surface area (Å²) in [6.07, 6.45) is 5.15. The molecule has 2 aromatic carbocycles. The first-order valence-corrected chi connectivity index (χ1v) is 11.4. The number of aromatic nitrogens is 1. The Labute approximate surface area is 199 Å². The van der Waals surface area contributed by atoms with Gasteiger partial charge < -0.3 is 15.5 Å². The van der Waals surface area contributed by atoms with Crippen LogP contribution in [0.1, 0.15) is 51.4 Å². The van der Waals surface area contributed by atoms with Crippen molar-refractivity contribution in [2.24, 2.45) is 0 Å². The molecule has 1 aliphatic heterocycles. The smallest absolute Gasteiger partial charge is 0.319 e. The van der Waals surface area contributed by atoms with Crippen LogP contribution >= 0.6 is 0 Å². The standard InChI is InChI=1S/C27H27N5O2/c1-19-4-9-24(31-27(34)30-18-21-3-2-12-29-17-21)15-25(19)26(33)32-13-10-23(11-14-32)22-7-5-20(16-28)6-8-22/h2-9,12,15,17,23H,10-11,13-14,18H2,1H3,(H2,30,31,34). The molecule has 0 unspecified atom stereocenters. The van der Waals surface area contributed by atoms with E-state index in [0.29, 0.717) is 42.4 Å². The lowest BCUT2D eigenvalue weighted by Crippen LogP contribution is -2.38. The molecule has 172 valence electrons. The number of hydrogen-bond donors (Lipinski definition) is 2. The van der Waals surface area contributed by atoms with Crippen molar-refractivity contribution in [1.29, 1.82) is 5.26 Å². The summed E-state index contributed by atoms with van der Waals surface area (Å²) in [4.78, 5) is 31.5. The van der Waals surface area contributed by atoms with Crippen LogP contribution in [0.15, 0.2) is 67.0 Å². The van der Waals surface area contributed by atoms with Crippen molar-refractivity contribution in [1.82, 2.24) is 15.2 Å². The van der Waals surface area contributed by atoms with Gasteiger partial charge in [-0.2, -0.15) is 5.26 Å². The van der Waals surface area contributed by atoms with Gasteiger partial charge in [0.1, 0.15) is 0 Å². The van der Waals surface area contributed by atoms with E-state index < -0.39 is 0 Å². The van der Waals surface area contributed by atoms with Gasteiger partial charge in [0, 0.05) is 43.3 Å². The number of nitriles is 1. The summed E-state index contributed by atoms with van der Waals surface area (Å²) in [5.41, 5.74) is 4.83. The van der Waals surface area contributed by atoms with Gasteiger partial charge in [-0.3, -0.25) is 9.78 Å². The SMILES string of the molecule is Cc1ccc(NC(=O)NCc2cccnc2)cc1C(=O)N1CCC(c2ccc(C#N)cc2)CC1. The molecule has 1 fully saturated rings. The Morgan fingerprint density at radius 1 is 1.12 bits per heavy atom. The highest BCUT2D eigenvalue weighted by atomic mass is 16.2. The molecule has 3 aromatic rings. The number of hydrogen-bond acceptors (Lipinski definition) is 4. The second-order valence-electron chi connectivity index (χ2n) is 8.50. The molecule has 7 heteroatoms. The molecule has 1 aliphatic rings. The number of urea groups is 1. The highest BCUT2D eigenvalue weighted by Crippen LogP contribution is 2.29. The molecule has 1 saturated heterocycles. The first kappa shape index (κ1) is 23.0. The number of pyridine rings is 1. The minimum absolute atomic E-state index is 0.0183. The average molecular weight is 454 g/mol. The van der Waals surface area contributed by atoms with E-state index in [-0.39, 0.29) is 11.9 Å². The van der Waals surface area contributed by atoms with Crippen molar-refractivity contribution in [3.05, 3.63) is 94.8 Å². The largest absolute Gasteiger partial charge is 0.339 e. The zero-order valence-corrected chi connectivity index (χ0v) is 19.1. The van der Waals surface area contributed by atoms with Crippen LogP contribution in [0.3, 0.4) is 0 Å². The lowest BCUT2D eigenvalue weighted by atomic mass is 9.88. The molecule has 0 spiro atoms. The minimum atomic E-state index is -0.339. The van der Waals surface area contributed by atoms with E-state index in [2.05, 4.69) is 21.7 Å². The first-order valence-electron chi connectivity index (χ1n) is 11.4. The molecule has 2 N–H and O–H groups in total. The van der Waals surface area contributed by atoms with E-state index in [1.165, 1.54) is 5.56 Å². The number of rotatable bonds is 5. The fourth-order valence-electron chi connectivity index (χ4n) is 4.21. The molecule has 0 radical (unpaired) electrons. The lowest BCUT2D eigenvalue weighted by Gasteiger charge is -2.32. The van der Waals surface area contributed by atoms with Crippen molar-refractivity contribution in [3.8, 4) is 6.07 Å². The van der Waals surface area contributed by atoms with E-state index in [1.54, 1.807) is 24.5 Å². The molecule has 3 amide bonds. The van der Waals surface area contributed by atoms with Gasteiger partial charge in [0.05, 0.1) is 11.6 Å². The van der Waals surface area contributed by atoms with Gasteiger partial charge in [0.2, 0.25) is 0 Å². The topological polar surface area (TPSA) is 98.1 Å². The number of piperidine rings is 1. The summed E-state index contributed by atoms with van der Waals surface area (Å²) in [6, 6.07) is 18.6. The Morgan fingerprint density at radius 2 is 1.88 bits per heavy atom. The van der Waals surface area contributed by atoms with Crippen molar-refractivity contribution in [2.75, 3.05) is 18.4 Å². The maximum Gasteiger partial charge on any atom is 0.319 e. The van der Waals surface area contributed by atoms with Crippen molar-refractivity contribution in [3.63, 3.8) is 0 Å². The van der Waals surface area contributed by atoms with Gasteiger partial charge >= 0.3 is 6.03 Å². The number of benzene rings is 2. The third-order valence-electron chi connectivity index (χ3n) is 6.20. The summed E-state index contributed by atoms with van der Waals surface area (Å²) in [6.45, 7) is 3.62. The van der Waals surface area contributed by atoms with Gasteiger partial charge in [-0.1, -0.05) is 24.3 Å². The number of nitrogens with zero attached hydrogens (tertiary/aromatic N) is 3. The third kappa shape index (κ3) is 5.59. The molecule has 0 bridgehead atoms. The summed E-state index contributed by atoms with van der Waals surface area (Å²) >= 11 is 0. The minimum Gasteiger partial charge on any atom is -0.339 e. The number of amides is 3. The van der Waals surface area contributed by atoms with Crippen LogP contribution < -0.4 is 10.6 Å². The molecule has 0 aliphatic carbocycles. The third-order valence-corrected chi connectivity index (χ3v) is 6.20. The molecule has 1 aromatic heterocycles. The predicted molar refractivity (Wildman–Crippen MR) is 130 cm³/mol. The van der Waals surface area contributed by atoms with Crippen LogP contribution in [0, 0.1) is 18.3 Å². The number of likely N-dealkylation sites (tertiary alicyclic amines) is 1. The number of carbonyl (C=O) groups excluding carboxylic acids is 2. The zero-order chi connectivity index (χ0) is 23.9. The van der Waals surface area contributed by atoms with Crippen molar-refractivity contribution in [2.45, 2.75) is 32.2 Å². The molecule has 2 heterocycles. The quantitative estimate of drug-likeness (QED) is 0.590.